The second-order valence-electron chi connectivity index (χ2n) is 6.46. The number of hydrogen-bond donors (Lipinski definition) is 2. The van der Waals surface area contributed by atoms with Gasteiger partial charge in [0.15, 0.2) is 5.96 Å². The molecular weight excluding hydrogens is 417 g/mol. The molecule has 1 aromatic rings. The average molecular weight is 446 g/mol. The molecule has 146 valence electrons. The van der Waals surface area contributed by atoms with E-state index in [1.807, 2.05) is 23.9 Å². The zero-order chi connectivity index (χ0) is 18.8. The van der Waals surface area contributed by atoms with Crippen molar-refractivity contribution in [3.63, 3.8) is 0 Å². The van der Waals surface area contributed by atoms with Crippen molar-refractivity contribution in [2.45, 2.75) is 37.4 Å². The molecule has 7 heteroatoms. The van der Waals surface area contributed by atoms with E-state index in [1.165, 1.54) is 6.07 Å². The second kappa shape index (κ2) is 11.1. The van der Waals surface area contributed by atoms with Crippen LogP contribution in [0.5, 0.6) is 0 Å². The van der Waals surface area contributed by atoms with Crippen LogP contribution in [0.4, 0.5) is 4.39 Å². The third-order valence-electron chi connectivity index (χ3n) is 4.64. The highest BCUT2D eigenvalue weighted by Crippen LogP contribution is 2.33. The SMILES string of the molecule is CCNC(=NCC1(SC)CCOCC1)NCCCc1ccc(Br)cc1F. The van der Waals surface area contributed by atoms with E-state index in [0.29, 0.717) is 6.42 Å². The van der Waals surface area contributed by atoms with Crippen LogP contribution in [0.25, 0.3) is 0 Å². The molecule has 0 spiro atoms. The topological polar surface area (TPSA) is 45.7 Å². The first-order valence-corrected chi connectivity index (χ1v) is 11.2. The molecule has 2 rings (SSSR count). The van der Waals surface area contributed by atoms with Gasteiger partial charge in [0.25, 0.3) is 0 Å². The molecule has 0 aromatic heterocycles. The predicted octanol–water partition coefficient (Wildman–Crippen LogP) is 3.99. The zero-order valence-electron chi connectivity index (χ0n) is 15.6. The summed E-state index contributed by atoms with van der Waals surface area (Å²) in [7, 11) is 0. The van der Waals surface area contributed by atoms with Crippen LogP contribution in [0.3, 0.4) is 0 Å². The minimum atomic E-state index is -0.152. The molecule has 0 radical (unpaired) electrons. The summed E-state index contributed by atoms with van der Waals surface area (Å²) in [6.07, 6.45) is 5.80. The van der Waals surface area contributed by atoms with Crippen LogP contribution >= 0.6 is 27.7 Å². The maximum atomic E-state index is 13.9. The Bertz CT molecular complexity index is 594. The van der Waals surface area contributed by atoms with Gasteiger partial charge < -0.3 is 15.4 Å². The number of ether oxygens (including phenoxy) is 1. The molecular formula is C19H29BrFN3OS. The number of rotatable bonds is 8. The van der Waals surface area contributed by atoms with Crippen molar-refractivity contribution in [2.24, 2.45) is 4.99 Å². The Kier molecular flexibility index (Phi) is 9.22. The summed E-state index contributed by atoms with van der Waals surface area (Å²) >= 11 is 5.18. The molecule has 0 aliphatic carbocycles. The molecule has 4 nitrogen and oxygen atoms in total. The lowest BCUT2D eigenvalue weighted by atomic mass is 9.99. The maximum absolute atomic E-state index is 13.9. The fourth-order valence-corrected chi connectivity index (χ4v) is 4.05. The van der Waals surface area contributed by atoms with Crippen molar-refractivity contribution < 1.29 is 9.13 Å². The minimum Gasteiger partial charge on any atom is -0.381 e. The smallest absolute Gasteiger partial charge is 0.191 e. The lowest BCUT2D eigenvalue weighted by Gasteiger charge is -2.34. The largest absolute Gasteiger partial charge is 0.381 e. The fraction of sp³-hybridized carbons (Fsp3) is 0.632. The lowest BCUT2D eigenvalue weighted by molar-refractivity contribution is 0.0794. The molecule has 1 aliphatic rings. The monoisotopic (exact) mass is 445 g/mol. The van der Waals surface area contributed by atoms with E-state index in [2.05, 4.69) is 39.7 Å². The standard InChI is InChI=1S/C19H29BrFN3OS/c1-3-22-18(24-14-19(26-2)8-11-25-12-9-19)23-10-4-5-15-6-7-16(20)13-17(15)21/h6-7,13H,3-5,8-12,14H2,1-2H3,(H2,22,23,24). The van der Waals surface area contributed by atoms with Crippen molar-refractivity contribution in [1.82, 2.24) is 10.6 Å². The Morgan fingerprint density at radius 3 is 2.77 bits per heavy atom. The molecule has 1 aliphatic heterocycles. The van der Waals surface area contributed by atoms with E-state index < -0.39 is 0 Å². The molecule has 1 aromatic carbocycles. The van der Waals surface area contributed by atoms with Crippen molar-refractivity contribution >= 4 is 33.7 Å². The number of nitrogens with one attached hydrogen (secondary N) is 2. The van der Waals surface area contributed by atoms with Crippen LogP contribution in [-0.2, 0) is 11.2 Å². The molecule has 1 fully saturated rings. The van der Waals surface area contributed by atoms with Crippen LogP contribution in [0.1, 0.15) is 31.7 Å². The van der Waals surface area contributed by atoms with Gasteiger partial charge >= 0.3 is 0 Å². The first-order valence-electron chi connectivity index (χ1n) is 9.17. The Balaban J connectivity index is 1.83. The first kappa shape index (κ1) is 21.5. The highest BCUT2D eigenvalue weighted by molar-refractivity contribution is 9.10. The highest BCUT2D eigenvalue weighted by atomic mass is 79.9. The number of aryl methyl sites for hydroxylation is 1. The van der Waals surface area contributed by atoms with Crippen LogP contribution in [-0.4, -0.2) is 49.8 Å². The Labute approximate surface area is 168 Å². The number of aliphatic imine (C=N–C) groups is 1. The van der Waals surface area contributed by atoms with Crippen molar-refractivity contribution in [3.8, 4) is 0 Å². The van der Waals surface area contributed by atoms with Gasteiger partial charge in [0.1, 0.15) is 5.82 Å². The molecule has 2 N–H and O–H groups in total. The first-order chi connectivity index (χ1) is 12.6. The molecule has 0 saturated carbocycles. The Hall–Kier alpha value is -0.790. The van der Waals surface area contributed by atoms with Gasteiger partial charge in [-0.15, -0.1) is 0 Å². The van der Waals surface area contributed by atoms with E-state index >= 15 is 0 Å². The fourth-order valence-electron chi connectivity index (χ4n) is 2.95. The summed E-state index contributed by atoms with van der Waals surface area (Å²) in [4.78, 5) is 4.79. The van der Waals surface area contributed by atoms with Crippen LogP contribution in [0.15, 0.2) is 27.7 Å². The van der Waals surface area contributed by atoms with E-state index in [-0.39, 0.29) is 10.6 Å². The summed E-state index contributed by atoms with van der Waals surface area (Å²) in [6, 6.07) is 5.24. The second-order valence-corrected chi connectivity index (χ2v) is 8.65. The van der Waals surface area contributed by atoms with Gasteiger partial charge in [0.05, 0.1) is 6.54 Å². The molecule has 0 atom stereocenters. The van der Waals surface area contributed by atoms with E-state index in [9.17, 15) is 4.39 Å². The zero-order valence-corrected chi connectivity index (χ0v) is 18.0. The third-order valence-corrected chi connectivity index (χ3v) is 6.53. The molecule has 0 bridgehead atoms. The number of halogens is 2. The van der Waals surface area contributed by atoms with E-state index in [1.54, 1.807) is 0 Å². The van der Waals surface area contributed by atoms with Gasteiger partial charge in [-0.05, 0) is 56.6 Å². The summed E-state index contributed by atoms with van der Waals surface area (Å²) in [5.41, 5.74) is 0.750. The normalized spacial score (nSPS) is 17.2. The Morgan fingerprint density at radius 1 is 1.35 bits per heavy atom. The van der Waals surface area contributed by atoms with Gasteiger partial charge in [0, 0.05) is 35.5 Å². The van der Waals surface area contributed by atoms with Gasteiger partial charge in [-0.3, -0.25) is 4.99 Å². The quantitative estimate of drug-likeness (QED) is 0.360. The van der Waals surface area contributed by atoms with Gasteiger partial charge in [-0.2, -0.15) is 11.8 Å². The summed E-state index contributed by atoms with van der Waals surface area (Å²) in [5.74, 6) is 0.685. The van der Waals surface area contributed by atoms with Crippen molar-refractivity contribution in [1.29, 1.82) is 0 Å². The number of guanidine groups is 1. The lowest BCUT2D eigenvalue weighted by Crippen LogP contribution is -2.41. The van der Waals surface area contributed by atoms with Crippen LogP contribution in [0, 0.1) is 5.82 Å². The Morgan fingerprint density at radius 2 is 2.12 bits per heavy atom. The maximum Gasteiger partial charge on any atom is 0.191 e. The van der Waals surface area contributed by atoms with E-state index in [0.717, 1.165) is 68.1 Å². The van der Waals surface area contributed by atoms with Crippen molar-refractivity contribution in [2.75, 3.05) is 39.1 Å². The highest BCUT2D eigenvalue weighted by Gasteiger charge is 2.31. The van der Waals surface area contributed by atoms with Gasteiger partial charge in [-0.1, -0.05) is 22.0 Å². The number of hydrogen-bond acceptors (Lipinski definition) is 3. The molecule has 26 heavy (non-hydrogen) atoms. The van der Waals surface area contributed by atoms with Gasteiger partial charge in [0.2, 0.25) is 0 Å². The average Bonchev–Trinajstić information content (AvgIpc) is 2.65. The minimum absolute atomic E-state index is 0.152. The van der Waals surface area contributed by atoms with E-state index in [4.69, 9.17) is 9.73 Å². The van der Waals surface area contributed by atoms with Crippen LogP contribution in [0.2, 0.25) is 0 Å². The molecule has 1 saturated heterocycles. The molecule has 1 heterocycles. The molecule has 0 amide bonds. The number of thioether (sulfide) groups is 1. The number of nitrogens with zero attached hydrogens (tertiary/aromatic N) is 1. The van der Waals surface area contributed by atoms with Gasteiger partial charge in [-0.25, -0.2) is 4.39 Å². The summed E-state index contributed by atoms with van der Waals surface area (Å²) < 4.78 is 20.3. The van der Waals surface area contributed by atoms with Crippen LogP contribution < -0.4 is 10.6 Å². The van der Waals surface area contributed by atoms with Crippen molar-refractivity contribution in [3.05, 3.63) is 34.1 Å². The number of benzene rings is 1. The molecule has 0 unspecified atom stereocenters. The summed E-state index contributed by atoms with van der Waals surface area (Å²) in [6.45, 7) is 6.07. The predicted molar refractivity (Wildman–Crippen MR) is 113 cm³/mol. The third kappa shape index (κ3) is 6.74. The summed E-state index contributed by atoms with van der Waals surface area (Å²) in [5, 5.41) is 6.67.